The van der Waals surface area contributed by atoms with Crippen LogP contribution in [-0.2, 0) is 0 Å². The molecule has 0 aromatic carbocycles. The second-order valence-electron chi connectivity index (χ2n) is 2.25. The molecule has 0 aliphatic heterocycles. The number of allylic oxidation sites excluding steroid dienone is 2. The van der Waals surface area contributed by atoms with Crippen molar-refractivity contribution < 1.29 is 0 Å². The summed E-state index contributed by atoms with van der Waals surface area (Å²) in [5.74, 6) is 1.23. The van der Waals surface area contributed by atoms with Crippen LogP contribution in [0.1, 0.15) is 26.2 Å². The Morgan fingerprint density at radius 2 is 2.36 bits per heavy atom. The molecule has 0 aromatic rings. The van der Waals surface area contributed by atoms with Gasteiger partial charge in [-0.3, -0.25) is 0 Å². The third kappa shape index (κ3) is 8.25. The Bertz CT molecular complexity index is 130. The van der Waals surface area contributed by atoms with Gasteiger partial charge in [0.15, 0.2) is 0 Å². The van der Waals surface area contributed by atoms with E-state index in [1.54, 1.807) is 0 Å². The van der Waals surface area contributed by atoms with Crippen LogP contribution in [0.3, 0.4) is 0 Å². The van der Waals surface area contributed by atoms with Crippen molar-refractivity contribution in [3.05, 3.63) is 22.5 Å². The minimum atomic E-state index is 0.974. The standard InChI is InChI=1S/C9H16SSe/c1-3-5-7-9(11)10-8-6-4-2/h3,7,11H,1,4-6,8H2,2H3/p-1/b9-7-. The summed E-state index contributed by atoms with van der Waals surface area (Å²) in [7, 11) is 0. The van der Waals surface area contributed by atoms with Gasteiger partial charge in [0.2, 0.25) is 0 Å². The van der Waals surface area contributed by atoms with Gasteiger partial charge in [-0.05, 0) is 0 Å². The van der Waals surface area contributed by atoms with Crippen LogP contribution in [0.2, 0.25) is 0 Å². The normalized spacial score (nSPS) is 11.5. The van der Waals surface area contributed by atoms with E-state index in [1.165, 1.54) is 22.4 Å². The van der Waals surface area contributed by atoms with E-state index in [1.807, 2.05) is 17.8 Å². The molecule has 11 heavy (non-hydrogen) atoms. The molecule has 0 aliphatic carbocycles. The van der Waals surface area contributed by atoms with Crippen molar-refractivity contribution in [1.82, 2.24) is 0 Å². The molecule has 0 unspecified atom stereocenters. The minimum absolute atomic E-state index is 0.974. The zero-order valence-electron chi connectivity index (χ0n) is 7.01. The van der Waals surface area contributed by atoms with Crippen molar-refractivity contribution in [2.45, 2.75) is 26.2 Å². The number of rotatable bonds is 6. The Balaban J connectivity index is 3.34. The number of hydrogen-bond donors (Lipinski definition) is 0. The van der Waals surface area contributed by atoms with E-state index in [0.717, 1.165) is 6.42 Å². The van der Waals surface area contributed by atoms with Crippen molar-refractivity contribution in [3.8, 4) is 0 Å². The molecule has 0 aromatic heterocycles. The Morgan fingerprint density at radius 3 is 2.91 bits per heavy atom. The molecule has 0 rings (SSSR count). The first-order valence-electron chi connectivity index (χ1n) is 3.92. The van der Waals surface area contributed by atoms with E-state index in [-0.39, 0.29) is 0 Å². The number of thioether (sulfide) groups is 1. The summed E-state index contributed by atoms with van der Waals surface area (Å²) in [5.41, 5.74) is 0. The van der Waals surface area contributed by atoms with Crippen molar-refractivity contribution in [3.63, 3.8) is 0 Å². The van der Waals surface area contributed by atoms with Crippen LogP contribution < -0.4 is 0 Å². The average molecular weight is 234 g/mol. The van der Waals surface area contributed by atoms with E-state index in [9.17, 15) is 0 Å². The maximum atomic E-state index is 3.66. The number of hydrogen-bond acceptors (Lipinski definition) is 1. The van der Waals surface area contributed by atoms with Crippen LogP contribution in [0.4, 0.5) is 0 Å². The first kappa shape index (κ1) is 11.3. The Kier molecular flexibility index (Phi) is 8.71. The van der Waals surface area contributed by atoms with Gasteiger partial charge in [-0.1, -0.05) is 0 Å². The van der Waals surface area contributed by atoms with Crippen LogP contribution >= 0.6 is 11.8 Å². The van der Waals surface area contributed by atoms with Gasteiger partial charge < -0.3 is 0 Å². The monoisotopic (exact) mass is 235 g/mol. The SMILES string of the molecule is C=CC/C=C(\[Se-])SCCCC. The van der Waals surface area contributed by atoms with Gasteiger partial charge in [0.05, 0.1) is 0 Å². The predicted molar refractivity (Wildman–Crippen MR) is 56.0 cm³/mol. The quantitative estimate of drug-likeness (QED) is 0.386. The van der Waals surface area contributed by atoms with Crippen molar-refractivity contribution in [1.29, 1.82) is 0 Å². The molecule has 0 N–H and O–H groups in total. The molecule has 0 fully saturated rings. The van der Waals surface area contributed by atoms with Crippen molar-refractivity contribution in [2.75, 3.05) is 5.75 Å². The van der Waals surface area contributed by atoms with Gasteiger partial charge in [-0.25, -0.2) is 0 Å². The van der Waals surface area contributed by atoms with Crippen LogP contribution in [0, 0.1) is 0 Å². The molecular formula is C9H15SSe-. The summed E-state index contributed by atoms with van der Waals surface area (Å²) in [6, 6.07) is 0. The fourth-order valence-corrected chi connectivity index (χ4v) is 2.13. The third-order valence-electron chi connectivity index (χ3n) is 1.19. The first-order valence-corrected chi connectivity index (χ1v) is 5.76. The summed E-state index contributed by atoms with van der Waals surface area (Å²) in [5, 5.41) is 0. The van der Waals surface area contributed by atoms with E-state index < -0.39 is 0 Å². The Hall–Kier alpha value is 0.349. The van der Waals surface area contributed by atoms with Gasteiger partial charge in [0.25, 0.3) is 0 Å². The molecule has 0 saturated carbocycles. The summed E-state index contributed by atoms with van der Waals surface area (Å²) in [6.45, 7) is 5.88. The summed E-state index contributed by atoms with van der Waals surface area (Å²) in [4.78, 5) is 0. The fourth-order valence-electron chi connectivity index (χ4n) is 0.556. The zero-order valence-corrected chi connectivity index (χ0v) is 9.54. The maximum absolute atomic E-state index is 3.66. The van der Waals surface area contributed by atoms with Gasteiger partial charge >= 0.3 is 82.2 Å². The molecule has 0 aliphatic rings. The number of unbranched alkanes of at least 4 members (excludes halogenated alkanes) is 1. The average Bonchev–Trinajstić information content (AvgIpc) is 2.01. The molecule has 0 heterocycles. The fraction of sp³-hybridized carbons (Fsp3) is 0.556. The second-order valence-corrected chi connectivity index (χ2v) is 4.89. The molecule has 0 bridgehead atoms. The molecule has 0 nitrogen and oxygen atoms in total. The third-order valence-corrected chi connectivity index (χ3v) is 3.23. The first-order chi connectivity index (χ1) is 5.31. The van der Waals surface area contributed by atoms with Gasteiger partial charge in [0, 0.05) is 0 Å². The topological polar surface area (TPSA) is 0 Å². The molecule has 0 radical (unpaired) electrons. The van der Waals surface area contributed by atoms with Crippen LogP contribution in [-0.4, -0.2) is 21.8 Å². The molecular weight excluding hydrogens is 219 g/mol. The van der Waals surface area contributed by atoms with Crippen molar-refractivity contribution in [2.24, 2.45) is 0 Å². The molecule has 0 spiro atoms. The Morgan fingerprint density at radius 1 is 1.64 bits per heavy atom. The van der Waals surface area contributed by atoms with Crippen LogP contribution in [0.25, 0.3) is 0 Å². The molecule has 2 heteroatoms. The van der Waals surface area contributed by atoms with E-state index in [2.05, 4.69) is 35.6 Å². The van der Waals surface area contributed by atoms with Gasteiger partial charge in [-0.15, -0.1) is 0 Å². The molecule has 0 atom stereocenters. The molecule has 0 amide bonds. The van der Waals surface area contributed by atoms with E-state index in [0.29, 0.717) is 0 Å². The van der Waals surface area contributed by atoms with Crippen LogP contribution in [0.15, 0.2) is 22.5 Å². The van der Waals surface area contributed by atoms with E-state index in [4.69, 9.17) is 0 Å². The second kappa shape index (κ2) is 8.45. The predicted octanol–water partition coefficient (Wildman–Crippen LogP) is 3.11. The van der Waals surface area contributed by atoms with Crippen molar-refractivity contribution >= 4 is 27.8 Å². The summed E-state index contributed by atoms with van der Waals surface area (Å²) >= 11 is 4.95. The zero-order chi connectivity index (χ0) is 8.53. The summed E-state index contributed by atoms with van der Waals surface area (Å²) in [6.07, 6.45) is 7.64. The van der Waals surface area contributed by atoms with Crippen LogP contribution in [0.5, 0.6) is 0 Å². The van der Waals surface area contributed by atoms with Gasteiger partial charge in [0.1, 0.15) is 0 Å². The summed E-state index contributed by atoms with van der Waals surface area (Å²) < 4.78 is 1.30. The Labute approximate surface area is 82.3 Å². The van der Waals surface area contributed by atoms with Gasteiger partial charge in [-0.2, -0.15) is 0 Å². The van der Waals surface area contributed by atoms with E-state index >= 15 is 0 Å². The molecule has 0 saturated heterocycles. The molecule has 64 valence electrons.